The molecule has 3 aromatic carbocycles. The van der Waals surface area contributed by atoms with Crippen LogP contribution in [-0.4, -0.2) is 38.9 Å². The van der Waals surface area contributed by atoms with Crippen LogP contribution in [0.5, 0.6) is 23.0 Å². The highest BCUT2D eigenvalue weighted by molar-refractivity contribution is 5.81. The van der Waals surface area contributed by atoms with Gasteiger partial charge in [-0.15, -0.1) is 5.92 Å². The maximum absolute atomic E-state index is 14.0. The molecule has 0 spiro atoms. The number of carbonyl (C=O) groups excluding carboxylic acids is 1. The van der Waals surface area contributed by atoms with Gasteiger partial charge in [-0.25, -0.2) is 0 Å². The van der Waals surface area contributed by atoms with E-state index in [1.165, 1.54) is 13.2 Å². The molecule has 4 N–H and O–H groups in total. The Balaban J connectivity index is 1.45. The number of Topliss-reactive ketones (excluding diaryl/α,β-unsaturated/α-hetero) is 1. The second-order valence-corrected chi connectivity index (χ2v) is 12.8. The topological polar surface area (TPSA) is 107 Å². The van der Waals surface area contributed by atoms with Crippen molar-refractivity contribution in [1.82, 2.24) is 0 Å². The Hall–Kier alpha value is -3.95. The van der Waals surface area contributed by atoms with Gasteiger partial charge in [0.25, 0.3) is 0 Å². The molecule has 0 aliphatic heterocycles. The summed E-state index contributed by atoms with van der Waals surface area (Å²) in [6, 6.07) is 20.5. The molecule has 43 heavy (non-hydrogen) atoms. The highest BCUT2D eigenvalue weighted by Crippen LogP contribution is 2.61. The third-order valence-corrected chi connectivity index (χ3v) is 10.5. The molecule has 0 radical (unpaired) electrons. The van der Waals surface area contributed by atoms with Gasteiger partial charge >= 0.3 is 0 Å². The average Bonchev–Trinajstić information content (AvgIpc) is 3.43. The Morgan fingerprint density at radius 1 is 0.930 bits per heavy atom. The molecular weight excluding hydrogens is 540 g/mol. The van der Waals surface area contributed by atoms with Gasteiger partial charge in [-0.05, 0) is 79.0 Å². The zero-order valence-electron chi connectivity index (χ0n) is 24.6. The number of methoxy groups -OCH3 is 1. The predicted molar refractivity (Wildman–Crippen MR) is 164 cm³/mol. The first-order valence-corrected chi connectivity index (χ1v) is 15.4. The SMILES string of the molecule is COc1cc([C@H]2CC(=O)C[C@]3(O)CC[C@@H]4CCC[C@@]4(c4ccc(O)c(O)c4)[C@@H]3CC#C[C@H]2Cc2ccccc2)ccc1O. The van der Waals surface area contributed by atoms with Crippen LogP contribution in [-0.2, 0) is 16.6 Å². The predicted octanol–water partition coefficient (Wildman–Crippen LogP) is 6.39. The third-order valence-electron chi connectivity index (χ3n) is 10.5. The summed E-state index contributed by atoms with van der Waals surface area (Å²) in [5, 5.41) is 43.2. The van der Waals surface area contributed by atoms with Gasteiger partial charge in [-0.3, -0.25) is 4.79 Å². The largest absolute Gasteiger partial charge is 0.504 e. The summed E-state index contributed by atoms with van der Waals surface area (Å²) in [6.45, 7) is 0. The van der Waals surface area contributed by atoms with Gasteiger partial charge < -0.3 is 25.2 Å². The number of ether oxygens (including phenoxy) is 1. The molecule has 6 atom stereocenters. The van der Waals surface area contributed by atoms with Crippen molar-refractivity contribution in [3.8, 4) is 34.8 Å². The molecule has 0 unspecified atom stereocenters. The highest BCUT2D eigenvalue weighted by atomic mass is 16.5. The minimum absolute atomic E-state index is 0.00791. The van der Waals surface area contributed by atoms with Crippen molar-refractivity contribution in [3.63, 3.8) is 0 Å². The first kappa shape index (κ1) is 29.1. The smallest absolute Gasteiger partial charge is 0.160 e. The molecule has 0 amide bonds. The van der Waals surface area contributed by atoms with Gasteiger partial charge in [0.15, 0.2) is 23.0 Å². The second kappa shape index (κ2) is 11.6. The number of fused-ring (bicyclic) bond motifs is 3. The van der Waals surface area contributed by atoms with E-state index < -0.39 is 11.0 Å². The second-order valence-electron chi connectivity index (χ2n) is 12.8. The lowest BCUT2D eigenvalue weighted by Crippen LogP contribution is -2.56. The molecule has 6 rings (SSSR count). The van der Waals surface area contributed by atoms with Crippen molar-refractivity contribution in [2.24, 2.45) is 17.8 Å². The van der Waals surface area contributed by atoms with Gasteiger partial charge in [0.05, 0.1) is 12.7 Å². The van der Waals surface area contributed by atoms with Gasteiger partial charge in [-0.2, -0.15) is 0 Å². The number of phenolic OH excluding ortho intramolecular Hbond substituents is 3. The Bertz CT molecular complexity index is 1550. The number of ketones is 1. The molecule has 2 fully saturated rings. The number of aromatic hydroxyl groups is 3. The lowest BCUT2D eigenvalue weighted by Gasteiger charge is -2.54. The van der Waals surface area contributed by atoms with Crippen molar-refractivity contribution in [3.05, 3.63) is 83.4 Å². The zero-order valence-corrected chi connectivity index (χ0v) is 24.6. The van der Waals surface area contributed by atoms with Gasteiger partial charge in [0, 0.05) is 42.4 Å². The monoisotopic (exact) mass is 580 g/mol. The fourth-order valence-corrected chi connectivity index (χ4v) is 8.55. The molecule has 6 nitrogen and oxygen atoms in total. The number of benzene rings is 3. The summed E-state index contributed by atoms with van der Waals surface area (Å²) in [5.41, 5.74) is 1.24. The molecule has 0 heterocycles. The molecular formula is C37H40O6. The van der Waals surface area contributed by atoms with E-state index in [-0.39, 0.29) is 53.6 Å². The summed E-state index contributed by atoms with van der Waals surface area (Å²) >= 11 is 0. The summed E-state index contributed by atoms with van der Waals surface area (Å²) in [4.78, 5) is 14.0. The van der Waals surface area contributed by atoms with Crippen molar-refractivity contribution in [2.75, 3.05) is 7.11 Å². The molecule has 3 aliphatic rings. The normalized spacial score (nSPS) is 30.4. The molecule has 6 heteroatoms. The van der Waals surface area contributed by atoms with Crippen molar-refractivity contribution in [2.45, 2.75) is 74.7 Å². The molecule has 0 aromatic heterocycles. The maximum Gasteiger partial charge on any atom is 0.160 e. The highest BCUT2D eigenvalue weighted by Gasteiger charge is 2.60. The van der Waals surface area contributed by atoms with Crippen LogP contribution in [0.25, 0.3) is 0 Å². The number of carbonyl (C=O) groups is 1. The van der Waals surface area contributed by atoms with Crippen molar-refractivity contribution < 1.29 is 30.0 Å². The minimum Gasteiger partial charge on any atom is -0.504 e. The fraction of sp³-hybridized carbons (Fsp3) is 0.432. The van der Waals surface area contributed by atoms with Crippen LogP contribution in [0.4, 0.5) is 0 Å². The van der Waals surface area contributed by atoms with Crippen LogP contribution in [0, 0.1) is 29.6 Å². The lowest BCUT2D eigenvalue weighted by atomic mass is 9.51. The van der Waals surface area contributed by atoms with Gasteiger partial charge in [0.2, 0.25) is 0 Å². The fourth-order valence-electron chi connectivity index (χ4n) is 8.55. The van der Waals surface area contributed by atoms with E-state index >= 15 is 0 Å². The molecule has 2 saturated carbocycles. The Kier molecular flexibility index (Phi) is 7.87. The Morgan fingerprint density at radius 3 is 2.49 bits per heavy atom. The van der Waals surface area contributed by atoms with Crippen LogP contribution in [0.1, 0.15) is 74.0 Å². The molecule has 0 saturated heterocycles. The standard InChI is InChI=1S/C37H40O6/c1-43-34-20-26(12-14-32(34)40)30-22-29(38)23-36(42)18-16-27-10-6-17-37(27,28-13-15-31(39)33(41)21-28)35(36)11-5-9-25(30)19-24-7-3-2-4-8-24/h2-4,7-8,12-15,20-21,25,27,30,35,39-42H,6,10-11,16-19,22-23H2,1H3/t25-,27-,30-,35+,36+,37+/m0/s1. The number of hydrogen-bond acceptors (Lipinski definition) is 6. The quantitative estimate of drug-likeness (QED) is 0.206. The van der Waals surface area contributed by atoms with Gasteiger partial charge in [-0.1, -0.05) is 54.8 Å². The van der Waals surface area contributed by atoms with Crippen molar-refractivity contribution >= 4 is 5.78 Å². The summed E-state index contributed by atoms with van der Waals surface area (Å²) in [7, 11) is 1.51. The van der Waals surface area contributed by atoms with E-state index in [4.69, 9.17) is 4.74 Å². The first-order valence-electron chi connectivity index (χ1n) is 15.4. The lowest BCUT2D eigenvalue weighted by molar-refractivity contribution is -0.137. The average molecular weight is 581 g/mol. The van der Waals surface area contributed by atoms with Crippen LogP contribution in [0.2, 0.25) is 0 Å². The molecule has 3 aromatic rings. The Labute approximate surface area is 253 Å². The van der Waals surface area contributed by atoms with Crippen LogP contribution in [0.15, 0.2) is 66.7 Å². The van der Waals surface area contributed by atoms with Gasteiger partial charge in [0.1, 0.15) is 5.78 Å². The number of phenols is 3. The maximum atomic E-state index is 14.0. The number of rotatable bonds is 5. The van der Waals surface area contributed by atoms with Crippen LogP contribution >= 0.6 is 0 Å². The van der Waals surface area contributed by atoms with E-state index in [9.17, 15) is 25.2 Å². The summed E-state index contributed by atoms with van der Waals surface area (Å²) in [6.07, 6.45) is 5.54. The van der Waals surface area contributed by atoms with E-state index in [2.05, 4.69) is 24.0 Å². The first-order chi connectivity index (χ1) is 20.7. The summed E-state index contributed by atoms with van der Waals surface area (Å²) < 4.78 is 5.41. The van der Waals surface area contributed by atoms with Crippen LogP contribution in [0.3, 0.4) is 0 Å². The number of aliphatic hydroxyl groups is 1. The van der Waals surface area contributed by atoms with E-state index in [0.717, 1.165) is 42.4 Å². The zero-order chi connectivity index (χ0) is 30.2. The third kappa shape index (κ3) is 5.36. The van der Waals surface area contributed by atoms with Crippen molar-refractivity contribution in [1.29, 1.82) is 0 Å². The number of hydrogen-bond donors (Lipinski definition) is 4. The molecule has 224 valence electrons. The molecule has 3 aliphatic carbocycles. The minimum atomic E-state index is -1.23. The molecule has 0 bridgehead atoms. The van der Waals surface area contributed by atoms with Crippen LogP contribution < -0.4 is 4.74 Å². The summed E-state index contributed by atoms with van der Waals surface area (Å²) in [5.74, 6) is 6.74. The van der Waals surface area contributed by atoms with E-state index in [1.54, 1.807) is 18.2 Å². The van der Waals surface area contributed by atoms with E-state index in [1.807, 2.05) is 30.3 Å². The van der Waals surface area contributed by atoms with E-state index in [0.29, 0.717) is 30.9 Å². The Morgan fingerprint density at radius 2 is 1.72 bits per heavy atom.